The molecule has 98 valence electrons. The molecule has 17 heavy (non-hydrogen) atoms. The first-order chi connectivity index (χ1) is 8.28. The lowest BCUT2D eigenvalue weighted by Gasteiger charge is -2.32. The van der Waals surface area contributed by atoms with Crippen molar-refractivity contribution < 1.29 is 9.53 Å². The molecule has 5 heteroatoms. The predicted molar refractivity (Wildman–Crippen MR) is 70.3 cm³/mol. The van der Waals surface area contributed by atoms with E-state index < -0.39 is 0 Å². The van der Waals surface area contributed by atoms with Crippen LogP contribution in [0.1, 0.15) is 12.8 Å². The van der Waals surface area contributed by atoms with Gasteiger partial charge in [-0.2, -0.15) is 11.8 Å². The summed E-state index contributed by atoms with van der Waals surface area (Å²) in [6.45, 7) is 4.05. The fourth-order valence-corrected chi connectivity index (χ4v) is 3.56. The van der Waals surface area contributed by atoms with Gasteiger partial charge in [-0.3, -0.25) is 4.79 Å². The number of hydrogen-bond donors (Lipinski definition) is 1. The van der Waals surface area contributed by atoms with Gasteiger partial charge in [0.25, 0.3) is 0 Å². The van der Waals surface area contributed by atoms with Crippen LogP contribution in [-0.4, -0.2) is 62.2 Å². The second-order valence-electron chi connectivity index (χ2n) is 4.90. The normalized spacial score (nSPS) is 30.3. The molecule has 0 spiro atoms. The third-order valence-electron chi connectivity index (χ3n) is 3.63. The van der Waals surface area contributed by atoms with Gasteiger partial charge in [0.1, 0.15) is 0 Å². The van der Waals surface area contributed by atoms with Gasteiger partial charge in [0, 0.05) is 32.5 Å². The van der Waals surface area contributed by atoms with Crippen molar-refractivity contribution in [3.05, 3.63) is 0 Å². The second-order valence-corrected chi connectivity index (χ2v) is 6.12. The molecule has 0 aromatic carbocycles. The number of carbonyl (C=O) groups is 1. The number of rotatable bonds is 3. The molecule has 2 rings (SSSR count). The van der Waals surface area contributed by atoms with E-state index >= 15 is 0 Å². The number of carbonyl (C=O) groups excluding carboxylic acids is 1. The molecule has 0 aromatic heterocycles. The van der Waals surface area contributed by atoms with Crippen LogP contribution in [0.25, 0.3) is 0 Å². The summed E-state index contributed by atoms with van der Waals surface area (Å²) in [4.78, 5) is 14.7. The van der Waals surface area contributed by atoms with Gasteiger partial charge in [0.15, 0.2) is 0 Å². The largest absolute Gasteiger partial charge is 0.384 e. The Balaban J connectivity index is 2.04. The van der Waals surface area contributed by atoms with Crippen molar-refractivity contribution in [2.24, 2.45) is 5.41 Å². The van der Waals surface area contributed by atoms with E-state index in [1.807, 2.05) is 16.7 Å². The lowest BCUT2D eigenvalue weighted by atomic mass is 9.86. The van der Waals surface area contributed by atoms with E-state index in [1.54, 1.807) is 7.11 Å². The minimum atomic E-state index is -0.302. The Bertz CT molecular complexity index is 259. The molecular weight excluding hydrogens is 236 g/mol. The molecule has 0 aromatic rings. The molecule has 1 amide bonds. The van der Waals surface area contributed by atoms with Gasteiger partial charge in [0.05, 0.1) is 12.0 Å². The summed E-state index contributed by atoms with van der Waals surface area (Å²) in [7, 11) is 1.69. The van der Waals surface area contributed by atoms with Crippen molar-refractivity contribution >= 4 is 17.7 Å². The summed E-state index contributed by atoms with van der Waals surface area (Å²) >= 11 is 1.95. The average molecular weight is 258 g/mol. The van der Waals surface area contributed by atoms with Gasteiger partial charge < -0.3 is 15.0 Å². The van der Waals surface area contributed by atoms with Crippen LogP contribution in [0.15, 0.2) is 0 Å². The molecule has 2 heterocycles. The first-order valence-electron chi connectivity index (χ1n) is 6.35. The van der Waals surface area contributed by atoms with Crippen LogP contribution in [0.5, 0.6) is 0 Å². The van der Waals surface area contributed by atoms with Crippen molar-refractivity contribution in [2.75, 3.05) is 51.4 Å². The third kappa shape index (κ3) is 2.95. The maximum atomic E-state index is 12.7. The molecule has 2 saturated heterocycles. The molecule has 1 unspecified atom stereocenters. The molecule has 0 bridgehead atoms. The van der Waals surface area contributed by atoms with Gasteiger partial charge in [-0.25, -0.2) is 0 Å². The van der Waals surface area contributed by atoms with Crippen molar-refractivity contribution in [1.82, 2.24) is 10.2 Å². The van der Waals surface area contributed by atoms with Crippen molar-refractivity contribution in [3.63, 3.8) is 0 Å². The summed E-state index contributed by atoms with van der Waals surface area (Å²) in [6.07, 6.45) is 2.02. The number of amides is 1. The number of methoxy groups -OCH3 is 1. The molecule has 0 radical (unpaired) electrons. The number of nitrogens with zero attached hydrogens (tertiary/aromatic N) is 1. The van der Waals surface area contributed by atoms with Crippen LogP contribution in [-0.2, 0) is 9.53 Å². The fraction of sp³-hybridized carbons (Fsp3) is 0.917. The Labute approximate surface area is 107 Å². The molecule has 2 aliphatic rings. The molecule has 0 saturated carbocycles. The minimum absolute atomic E-state index is 0.298. The molecule has 4 nitrogen and oxygen atoms in total. The molecule has 1 atom stereocenters. The zero-order valence-corrected chi connectivity index (χ0v) is 11.4. The van der Waals surface area contributed by atoms with Crippen LogP contribution in [0.4, 0.5) is 0 Å². The minimum Gasteiger partial charge on any atom is -0.384 e. The molecule has 1 N–H and O–H groups in total. The average Bonchev–Trinajstić information content (AvgIpc) is 2.65. The van der Waals surface area contributed by atoms with Crippen LogP contribution in [0, 0.1) is 5.41 Å². The SMILES string of the molecule is COCC1(C(=O)N2CCCSCC2)CCNC1. The predicted octanol–water partition coefficient (Wildman–Crippen LogP) is 0.578. The summed E-state index contributed by atoms with van der Waals surface area (Å²) in [5, 5.41) is 3.30. The van der Waals surface area contributed by atoms with Gasteiger partial charge in [0.2, 0.25) is 5.91 Å². The summed E-state index contributed by atoms with van der Waals surface area (Å²) in [5.74, 6) is 2.55. The van der Waals surface area contributed by atoms with E-state index in [1.165, 1.54) is 5.75 Å². The van der Waals surface area contributed by atoms with E-state index in [0.29, 0.717) is 12.5 Å². The summed E-state index contributed by atoms with van der Waals surface area (Å²) in [5.41, 5.74) is -0.302. The third-order valence-corrected chi connectivity index (χ3v) is 4.68. The number of ether oxygens (including phenoxy) is 1. The topological polar surface area (TPSA) is 41.6 Å². The number of nitrogens with one attached hydrogen (secondary N) is 1. The molecular formula is C12H22N2O2S. The van der Waals surface area contributed by atoms with Crippen molar-refractivity contribution in [1.29, 1.82) is 0 Å². The Morgan fingerprint density at radius 1 is 1.47 bits per heavy atom. The highest BCUT2D eigenvalue weighted by Crippen LogP contribution is 2.29. The first kappa shape index (κ1) is 13.2. The Morgan fingerprint density at radius 3 is 3.06 bits per heavy atom. The Hall–Kier alpha value is -0.260. The van der Waals surface area contributed by atoms with Crippen LogP contribution >= 0.6 is 11.8 Å². The van der Waals surface area contributed by atoms with E-state index in [-0.39, 0.29) is 5.41 Å². The van der Waals surface area contributed by atoms with Gasteiger partial charge in [-0.15, -0.1) is 0 Å². The van der Waals surface area contributed by atoms with E-state index in [9.17, 15) is 4.79 Å². The fourth-order valence-electron chi connectivity index (χ4n) is 2.67. The number of thioether (sulfide) groups is 1. The molecule has 2 fully saturated rings. The van der Waals surface area contributed by atoms with Crippen molar-refractivity contribution in [2.45, 2.75) is 12.8 Å². The number of hydrogen-bond acceptors (Lipinski definition) is 4. The maximum absolute atomic E-state index is 12.7. The zero-order chi connectivity index (χ0) is 12.1. The van der Waals surface area contributed by atoms with Gasteiger partial charge in [-0.1, -0.05) is 0 Å². The zero-order valence-electron chi connectivity index (χ0n) is 10.5. The lowest BCUT2D eigenvalue weighted by Crippen LogP contribution is -2.48. The molecule has 2 aliphatic heterocycles. The quantitative estimate of drug-likeness (QED) is 0.804. The van der Waals surface area contributed by atoms with Crippen LogP contribution < -0.4 is 5.32 Å². The van der Waals surface area contributed by atoms with Gasteiger partial charge >= 0.3 is 0 Å². The monoisotopic (exact) mass is 258 g/mol. The lowest BCUT2D eigenvalue weighted by molar-refractivity contribution is -0.143. The van der Waals surface area contributed by atoms with Gasteiger partial charge in [-0.05, 0) is 25.1 Å². The van der Waals surface area contributed by atoms with E-state index in [2.05, 4.69) is 5.32 Å². The van der Waals surface area contributed by atoms with Crippen LogP contribution in [0.3, 0.4) is 0 Å². The Kier molecular flexibility index (Phi) is 4.70. The summed E-state index contributed by atoms with van der Waals surface area (Å²) < 4.78 is 5.28. The highest BCUT2D eigenvalue weighted by atomic mass is 32.2. The molecule has 0 aliphatic carbocycles. The maximum Gasteiger partial charge on any atom is 0.232 e. The van der Waals surface area contributed by atoms with Crippen molar-refractivity contribution in [3.8, 4) is 0 Å². The highest BCUT2D eigenvalue weighted by Gasteiger charge is 2.43. The first-order valence-corrected chi connectivity index (χ1v) is 7.51. The van der Waals surface area contributed by atoms with Crippen LogP contribution in [0.2, 0.25) is 0 Å². The highest BCUT2D eigenvalue weighted by molar-refractivity contribution is 7.99. The Morgan fingerprint density at radius 2 is 2.35 bits per heavy atom. The van der Waals surface area contributed by atoms with E-state index in [0.717, 1.165) is 44.8 Å². The standard InChI is InChI=1S/C12H22N2O2S/c1-16-10-12(3-4-13-9-12)11(15)14-5-2-7-17-8-6-14/h13H,2-10H2,1H3. The second kappa shape index (κ2) is 6.07. The summed E-state index contributed by atoms with van der Waals surface area (Å²) in [6, 6.07) is 0. The van der Waals surface area contributed by atoms with E-state index in [4.69, 9.17) is 4.74 Å². The smallest absolute Gasteiger partial charge is 0.232 e.